The molecule has 111 heavy (non-hydrogen) atoms. The van der Waals surface area contributed by atoms with Crippen molar-refractivity contribution in [3.63, 3.8) is 0 Å². The molecule has 8 N–H and O–H groups in total. The number of aliphatic carboxylic acids is 4. The van der Waals surface area contributed by atoms with Crippen molar-refractivity contribution in [2.24, 2.45) is 35.2 Å². The Morgan fingerprint density at radius 2 is 0.775 bits per heavy atom. The second-order valence-electron chi connectivity index (χ2n) is 27.0. The topological polar surface area (TPSA) is 332 Å². The highest BCUT2D eigenvalue weighted by Crippen LogP contribution is 2.42. The average molecular weight is 1510 g/mol. The van der Waals surface area contributed by atoms with Crippen LogP contribution in [-0.4, -0.2) is 142 Å². The number of aromatic hydroxyl groups is 4. The molecule has 0 bridgehead atoms. The van der Waals surface area contributed by atoms with Gasteiger partial charge in [-0.25, -0.2) is 8.78 Å². The maximum absolute atomic E-state index is 13.8. The van der Waals surface area contributed by atoms with Crippen LogP contribution in [0.1, 0.15) is 56.3 Å². The number of fused-ring (bicyclic) bond motifs is 5. The zero-order chi connectivity index (χ0) is 80.7. The molecule has 0 spiro atoms. The van der Waals surface area contributed by atoms with Gasteiger partial charge in [-0.1, -0.05) is 30.3 Å². The third-order valence-corrected chi connectivity index (χ3v) is 20.1. The van der Waals surface area contributed by atoms with Crippen LogP contribution in [0.5, 0.6) is 28.7 Å². The molecule has 0 fully saturated rings. The zero-order valence-corrected chi connectivity index (χ0v) is 63.5. The summed E-state index contributed by atoms with van der Waals surface area (Å²) < 4.78 is 47.0. The Labute approximate surface area is 636 Å². The lowest BCUT2D eigenvalue weighted by molar-refractivity contribution is -0.140. The number of pyridine rings is 3. The molecule has 8 heterocycles. The molecular weight excluding hydrogens is 1420 g/mol. The molecule has 0 unspecified atom stereocenters. The van der Waals surface area contributed by atoms with Gasteiger partial charge in [0, 0.05) is 195 Å². The van der Waals surface area contributed by atoms with Crippen molar-refractivity contribution in [3.8, 4) is 73.3 Å². The van der Waals surface area contributed by atoms with Gasteiger partial charge in [0.05, 0.1) is 51.8 Å². The van der Waals surface area contributed by atoms with Gasteiger partial charge in [-0.05, 0) is 166 Å². The number of esters is 1. The van der Waals surface area contributed by atoms with Crippen molar-refractivity contribution >= 4 is 84.4 Å². The second kappa shape index (κ2) is 33.8. The Morgan fingerprint density at radius 3 is 1.18 bits per heavy atom. The summed E-state index contributed by atoms with van der Waals surface area (Å²) >= 11 is 0. The van der Waals surface area contributed by atoms with Crippen LogP contribution in [-0.2, 0) is 103 Å². The minimum atomic E-state index is -1.02. The van der Waals surface area contributed by atoms with Crippen molar-refractivity contribution in [3.05, 3.63) is 226 Å². The minimum Gasteiger partial charge on any atom is -0.507 e. The number of hydrogen-bond acceptors (Lipinski definition) is 15. The van der Waals surface area contributed by atoms with Crippen LogP contribution in [0.25, 0.3) is 99.0 Å². The van der Waals surface area contributed by atoms with Gasteiger partial charge in [-0.3, -0.25) is 38.9 Å². The van der Waals surface area contributed by atoms with Gasteiger partial charge in [-0.2, -0.15) is 0 Å². The van der Waals surface area contributed by atoms with E-state index in [-0.39, 0.29) is 66.5 Å². The molecule has 0 saturated heterocycles. The number of aryl methyl sites for hydroxylation is 5. The first-order chi connectivity index (χ1) is 52.7. The Bertz CT molecular complexity index is 5880. The first-order valence-corrected chi connectivity index (χ1v) is 34.9. The van der Waals surface area contributed by atoms with E-state index in [4.69, 9.17) is 24.8 Å². The quantitative estimate of drug-likeness (QED) is 0.0393. The van der Waals surface area contributed by atoms with E-state index in [0.29, 0.717) is 51.1 Å². The SMILES string of the molecule is CN(C)Cc1c(CC(=O)O)c2cc(O)c(-c3cccnc3)cc2n1C.COC(=O)Cc1c(C)n(C)c2cc(-c3cccnc3)c(OC)cc12.Cc1c(CC(=O)O)c2c(F)c(O)ccc2n1C.Cc1c(CC(=O)O)c2cc(O)c(-c3ccc(F)cc3)cc2n1C.Cc1c(CC(=O)O)c2cc(O)c(-c3cccnc3)cc2n1C. The molecule has 0 aliphatic heterocycles. The van der Waals surface area contributed by atoms with Crippen molar-refractivity contribution in [2.45, 2.75) is 66.3 Å². The van der Waals surface area contributed by atoms with Crippen LogP contribution >= 0.6 is 0 Å². The Morgan fingerprint density at radius 1 is 0.414 bits per heavy atom. The highest BCUT2D eigenvalue weighted by molar-refractivity contribution is 5.99. The molecule has 6 aromatic carbocycles. The molecule has 574 valence electrons. The van der Waals surface area contributed by atoms with E-state index in [2.05, 4.69) is 25.6 Å². The van der Waals surface area contributed by atoms with Crippen LogP contribution < -0.4 is 4.74 Å². The maximum Gasteiger partial charge on any atom is 0.310 e. The molecule has 14 aromatic rings. The van der Waals surface area contributed by atoms with E-state index in [1.54, 1.807) is 99.1 Å². The number of ether oxygens (including phenoxy) is 2. The fraction of sp³-hybridized carbons (Fsp3) is 0.224. The lowest BCUT2D eigenvalue weighted by Gasteiger charge is -2.12. The van der Waals surface area contributed by atoms with E-state index < -0.39 is 35.4 Å². The Balaban J connectivity index is 0.000000148. The van der Waals surface area contributed by atoms with Crippen LogP contribution in [0, 0.1) is 39.3 Å². The molecule has 0 aliphatic rings. The molecule has 0 radical (unpaired) electrons. The van der Waals surface area contributed by atoms with Crippen LogP contribution in [0.4, 0.5) is 8.78 Å². The summed E-state index contributed by atoms with van der Waals surface area (Å²) in [5, 5.41) is 80.3. The maximum atomic E-state index is 13.8. The number of carboxylic acids is 4. The molecule has 0 amide bonds. The third kappa shape index (κ3) is 17.0. The Kier molecular flexibility index (Phi) is 24.4. The van der Waals surface area contributed by atoms with Gasteiger partial charge in [0.25, 0.3) is 0 Å². The first kappa shape index (κ1) is 80.2. The van der Waals surface area contributed by atoms with Gasteiger partial charge in [0.1, 0.15) is 28.8 Å². The number of methoxy groups -OCH3 is 2. The number of hydrogen-bond donors (Lipinski definition) is 8. The molecule has 24 nitrogen and oxygen atoms in total. The predicted molar refractivity (Wildman–Crippen MR) is 420 cm³/mol. The lowest BCUT2D eigenvalue weighted by Crippen LogP contribution is -2.15. The number of phenols is 4. The van der Waals surface area contributed by atoms with Crippen molar-refractivity contribution in [2.75, 3.05) is 28.3 Å². The minimum absolute atomic E-state index is 0.0429. The fourth-order valence-corrected chi connectivity index (χ4v) is 14.0. The summed E-state index contributed by atoms with van der Waals surface area (Å²) in [5.41, 5.74) is 18.4. The summed E-state index contributed by atoms with van der Waals surface area (Å²) in [5.74, 6) is -4.48. The van der Waals surface area contributed by atoms with Crippen molar-refractivity contribution in [1.82, 2.24) is 42.7 Å². The van der Waals surface area contributed by atoms with E-state index in [1.165, 1.54) is 25.3 Å². The van der Waals surface area contributed by atoms with Gasteiger partial charge in [-0.15, -0.1) is 0 Å². The number of benzene rings is 6. The summed E-state index contributed by atoms with van der Waals surface area (Å²) in [6, 6.07) is 34.5. The van der Waals surface area contributed by atoms with Crippen molar-refractivity contribution < 1.29 is 83.1 Å². The number of carbonyl (C=O) groups is 5. The van der Waals surface area contributed by atoms with E-state index in [1.807, 2.05) is 142 Å². The number of rotatable bonds is 17. The number of carbonyl (C=O) groups excluding carboxylic acids is 1. The van der Waals surface area contributed by atoms with E-state index in [9.17, 15) is 58.3 Å². The average Bonchev–Trinajstić information content (AvgIpc) is 1.66. The molecule has 0 saturated carbocycles. The van der Waals surface area contributed by atoms with Crippen LogP contribution in [0.3, 0.4) is 0 Å². The molecule has 0 aliphatic carbocycles. The fourth-order valence-electron chi connectivity index (χ4n) is 14.0. The van der Waals surface area contributed by atoms with Crippen molar-refractivity contribution in [1.29, 1.82) is 0 Å². The smallest absolute Gasteiger partial charge is 0.310 e. The second-order valence-corrected chi connectivity index (χ2v) is 27.0. The Hall–Kier alpha value is -13.4. The highest BCUT2D eigenvalue weighted by atomic mass is 19.1. The molecular formula is C85H85F2N9O15. The molecule has 14 rings (SSSR count). The molecule has 26 heteroatoms. The van der Waals surface area contributed by atoms with Crippen LogP contribution in [0.15, 0.2) is 159 Å². The first-order valence-electron chi connectivity index (χ1n) is 34.9. The van der Waals surface area contributed by atoms with E-state index in [0.717, 1.165) is 111 Å². The normalized spacial score (nSPS) is 11.1. The van der Waals surface area contributed by atoms with Crippen LogP contribution in [0.2, 0.25) is 0 Å². The molecule has 8 aromatic heterocycles. The number of carboxylic acid groups (broad SMARTS) is 4. The van der Waals surface area contributed by atoms with Gasteiger partial charge >= 0.3 is 29.8 Å². The summed E-state index contributed by atoms with van der Waals surface area (Å²) in [4.78, 5) is 70.4. The number of phenolic OH excluding ortho intramolecular Hbond substituents is 4. The van der Waals surface area contributed by atoms with Gasteiger partial charge in [0.2, 0.25) is 0 Å². The predicted octanol–water partition coefficient (Wildman–Crippen LogP) is 14.4. The standard InChI is InChI=1S/C19H21N3O3.C19H20N2O3.C18H16FNO3.C17H16N2O3.C12H12FNO3/c1-21(2)11-17-15(9-19(24)25)14-8-18(23)13(7-16(14)22(17)3)12-5-4-6-20-10-12;1-12-14(10-19(22)24-4)16-9-18(23-3)15(8-17(16)21(12)2)13-6-5-7-20-11-13;1-10-13(9-18(22)23)15-8-17(21)14(7-16(15)20(10)2)11-3-5-12(19)6-4-11;1-10-12(8-17(21)22)14-7-16(20)13(6-15(14)19(10)2)11-4-3-5-18-9-11;1-6-7(5-10(16)17)11-8(14(6)2)3-4-9(15)12(11)13/h4-8,10,23H,9,11H2,1-3H3,(H,24,25);5-9,11H,10H2,1-4H3;3-8,21H,9H2,1-2H3,(H,22,23);3-7,9,20H,8H2,1-2H3,(H,21,22);3-4,15H,5H2,1-2H3,(H,16,17). The summed E-state index contributed by atoms with van der Waals surface area (Å²) in [6.07, 6.45) is 10.1. The highest BCUT2D eigenvalue weighted by Gasteiger charge is 2.25. The summed E-state index contributed by atoms with van der Waals surface area (Å²) in [7, 11) is 16.4. The third-order valence-electron chi connectivity index (χ3n) is 20.1. The molecule has 0 atom stereocenters. The number of halogens is 2. The summed E-state index contributed by atoms with van der Waals surface area (Å²) in [6.45, 7) is 8.10. The lowest BCUT2D eigenvalue weighted by atomic mass is 10.0. The van der Waals surface area contributed by atoms with Gasteiger partial charge in [0.15, 0.2) is 11.6 Å². The largest absolute Gasteiger partial charge is 0.507 e. The zero-order valence-electron chi connectivity index (χ0n) is 63.5. The van der Waals surface area contributed by atoms with Gasteiger partial charge < -0.3 is 78.1 Å². The van der Waals surface area contributed by atoms with E-state index >= 15 is 0 Å². The monoisotopic (exact) mass is 1510 g/mol. The number of nitrogens with zero attached hydrogens (tertiary/aromatic N) is 9. The number of aromatic nitrogens is 8.